The molecule has 0 bridgehead atoms. The maximum absolute atomic E-state index is 16.5. The molecular formula is C33H43F3O. The summed E-state index contributed by atoms with van der Waals surface area (Å²) in [5, 5.41) is 0. The van der Waals surface area contributed by atoms with Crippen LogP contribution >= 0.6 is 0 Å². The van der Waals surface area contributed by atoms with Crippen molar-refractivity contribution in [2.75, 3.05) is 6.61 Å². The lowest BCUT2D eigenvalue weighted by molar-refractivity contribution is 0.248. The number of rotatable bonds is 16. The van der Waals surface area contributed by atoms with Crippen molar-refractivity contribution in [3.63, 3.8) is 0 Å². The average molecular weight is 513 g/mol. The van der Waals surface area contributed by atoms with Gasteiger partial charge in [-0.25, -0.2) is 8.78 Å². The predicted molar refractivity (Wildman–Crippen MR) is 149 cm³/mol. The van der Waals surface area contributed by atoms with Crippen molar-refractivity contribution in [2.45, 2.75) is 103 Å². The van der Waals surface area contributed by atoms with E-state index in [1.54, 1.807) is 30.4 Å². The second-order valence-electron chi connectivity index (χ2n) is 10.2. The van der Waals surface area contributed by atoms with E-state index in [-0.39, 0.29) is 23.3 Å². The lowest BCUT2D eigenvalue weighted by atomic mass is 9.78. The summed E-state index contributed by atoms with van der Waals surface area (Å²) in [4.78, 5) is 0. The minimum Gasteiger partial charge on any atom is -0.490 e. The van der Waals surface area contributed by atoms with E-state index in [0.717, 1.165) is 50.5 Å². The number of hydrogen-bond acceptors (Lipinski definition) is 1. The van der Waals surface area contributed by atoms with Gasteiger partial charge in [-0.3, -0.25) is 0 Å². The summed E-state index contributed by atoms with van der Waals surface area (Å²) in [6.45, 7) is 4.71. The molecular weight excluding hydrogens is 469 g/mol. The fraction of sp³-hybridized carbons (Fsp3) is 0.515. The van der Waals surface area contributed by atoms with E-state index in [4.69, 9.17) is 4.74 Å². The largest absolute Gasteiger partial charge is 0.490 e. The molecule has 2 aromatic rings. The Morgan fingerprint density at radius 3 is 2.11 bits per heavy atom. The van der Waals surface area contributed by atoms with Gasteiger partial charge < -0.3 is 4.74 Å². The number of aryl methyl sites for hydroxylation is 1. The quantitative estimate of drug-likeness (QED) is 0.203. The van der Waals surface area contributed by atoms with Gasteiger partial charge in [-0.15, -0.1) is 0 Å². The Balaban J connectivity index is 1.64. The highest BCUT2D eigenvalue weighted by molar-refractivity contribution is 5.77. The first-order chi connectivity index (χ1) is 18.0. The fourth-order valence-electron chi connectivity index (χ4n) is 5.00. The maximum atomic E-state index is 16.5. The summed E-state index contributed by atoms with van der Waals surface area (Å²) >= 11 is 0. The second-order valence-corrected chi connectivity index (χ2v) is 10.2. The fourth-order valence-corrected chi connectivity index (χ4v) is 5.00. The molecule has 0 amide bonds. The Bertz CT molecular complexity index is 1020. The lowest BCUT2D eigenvalue weighted by Crippen LogP contribution is -2.24. The summed E-state index contributed by atoms with van der Waals surface area (Å²) < 4.78 is 52.2. The topological polar surface area (TPSA) is 9.23 Å². The molecule has 0 N–H and O–H groups in total. The van der Waals surface area contributed by atoms with E-state index in [1.165, 1.54) is 44.2 Å². The van der Waals surface area contributed by atoms with Crippen molar-refractivity contribution < 1.29 is 17.9 Å². The van der Waals surface area contributed by atoms with Crippen LogP contribution < -0.4 is 4.74 Å². The minimum absolute atomic E-state index is 0.0594. The molecule has 0 saturated heterocycles. The summed E-state index contributed by atoms with van der Waals surface area (Å²) in [6, 6.07) is 10.3. The molecule has 2 aromatic carbocycles. The zero-order chi connectivity index (χ0) is 26.5. The third-order valence-electron chi connectivity index (χ3n) is 7.30. The van der Waals surface area contributed by atoms with Crippen molar-refractivity contribution in [3.8, 4) is 5.75 Å². The first-order valence-corrected chi connectivity index (χ1v) is 14.3. The molecule has 1 unspecified atom stereocenters. The van der Waals surface area contributed by atoms with Gasteiger partial charge in [0.05, 0.1) is 6.61 Å². The zero-order valence-electron chi connectivity index (χ0n) is 22.6. The molecule has 0 aromatic heterocycles. The number of alkyl halides is 1. The molecule has 0 spiro atoms. The van der Waals surface area contributed by atoms with E-state index in [9.17, 15) is 4.39 Å². The molecule has 1 aliphatic rings. The molecule has 4 heteroatoms. The molecule has 202 valence electrons. The maximum Gasteiger partial charge on any atom is 0.201 e. The standard InChI is InChI=1S/C33H43F3O/c1-3-5-7-8-9-10-11-15-25-37-30-23-22-28(31(34)32(30)35)29-17-13-14-24-33(29,36)27-20-18-26(19-21-27)16-12-6-4-2/h13-14,17-23H,3-12,15-16,24-25H2,1-2H3. The Kier molecular flexibility index (Phi) is 11.8. The van der Waals surface area contributed by atoms with Crippen LogP contribution in [0.2, 0.25) is 0 Å². The van der Waals surface area contributed by atoms with Gasteiger partial charge in [0.2, 0.25) is 5.82 Å². The van der Waals surface area contributed by atoms with Gasteiger partial charge in [0.1, 0.15) is 0 Å². The van der Waals surface area contributed by atoms with E-state index in [0.29, 0.717) is 12.2 Å². The Hall–Kier alpha value is -2.49. The summed E-state index contributed by atoms with van der Waals surface area (Å²) in [7, 11) is 0. The van der Waals surface area contributed by atoms with Gasteiger partial charge in [-0.2, -0.15) is 4.39 Å². The molecule has 0 fully saturated rings. The molecule has 37 heavy (non-hydrogen) atoms. The SMILES string of the molecule is CCCCCCCCCCOc1ccc(C2=CC=CCC2(F)c2ccc(CCCCC)cc2)c(F)c1F. The van der Waals surface area contributed by atoms with Crippen LogP contribution in [0.5, 0.6) is 5.75 Å². The number of benzene rings is 2. The third-order valence-corrected chi connectivity index (χ3v) is 7.30. The van der Waals surface area contributed by atoms with E-state index in [1.807, 2.05) is 12.1 Å². The van der Waals surface area contributed by atoms with Gasteiger partial charge in [0.15, 0.2) is 17.2 Å². The van der Waals surface area contributed by atoms with Crippen LogP contribution in [0.25, 0.3) is 5.57 Å². The number of halogens is 3. The van der Waals surface area contributed by atoms with Crippen LogP contribution in [-0.2, 0) is 12.1 Å². The van der Waals surface area contributed by atoms with E-state index in [2.05, 4.69) is 13.8 Å². The lowest BCUT2D eigenvalue weighted by Gasteiger charge is -2.30. The Morgan fingerprint density at radius 1 is 0.757 bits per heavy atom. The molecule has 1 atom stereocenters. The van der Waals surface area contributed by atoms with Gasteiger partial charge in [-0.05, 0) is 42.5 Å². The third kappa shape index (κ3) is 7.99. The van der Waals surface area contributed by atoms with Gasteiger partial charge in [-0.1, -0.05) is 114 Å². The number of allylic oxidation sites excluding steroid dienone is 4. The van der Waals surface area contributed by atoms with Crippen LogP contribution in [0, 0.1) is 11.6 Å². The molecule has 0 aliphatic heterocycles. The number of hydrogen-bond donors (Lipinski definition) is 0. The molecule has 1 aliphatic carbocycles. The van der Waals surface area contributed by atoms with Gasteiger partial charge in [0.25, 0.3) is 0 Å². The molecule has 3 rings (SSSR count). The van der Waals surface area contributed by atoms with Crippen LogP contribution in [-0.4, -0.2) is 6.61 Å². The normalized spacial score (nSPS) is 17.2. The Labute approximate surface area is 221 Å². The second kappa shape index (κ2) is 15.1. The van der Waals surface area contributed by atoms with E-state index >= 15 is 8.78 Å². The van der Waals surface area contributed by atoms with Crippen molar-refractivity contribution in [3.05, 3.63) is 83.0 Å². The van der Waals surface area contributed by atoms with Crippen LogP contribution in [0.3, 0.4) is 0 Å². The molecule has 0 radical (unpaired) electrons. The first kappa shape index (κ1) is 29.1. The molecule has 0 saturated carbocycles. The summed E-state index contributed by atoms with van der Waals surface area (Å²) in [6.07, 6.45) is 18.6. The van der Waals surface area contributed by atoms with Crippen LogP contribution in [0.4, 0.5) is 13.2 Å². The van der Waals surface area contributed by atoms with Crippen LogP contribution in [0.1, 0.15) is 108 Å². The monoisotopic (exact) mass is 512 g/mol. The highest BCUT2D eigenvalue weighted by atomic mass is 19.2. The summed E-state index contributed by atoms with van der Waals surface area (Å²) in [5.74, 6) is -2.23. The predicted octanol–water partition coefficient (Wildman–Crippen LogP) is 10.4. The van der Waals surface area contributed by atoms with Crippen LogP contribution in [0.15, 0.2) is 54.6 Å². The number of ether oxygens (including phenoxy) is 1. The summed E-state index contributed by atoms with van der Waals surface area (Å²) in [5.41, 5.74) is -0.232. The molecule has 0 heterocycles. The van der Waals surface area contributed by atoms with Gasteiger partial charge in [0, 0.05) is 17.6 Å². The van der Waals surface area contributed by atoms with E-state index < -0.39 is 17.3 Å². The van der Waals surface area contributed by atoms with Crippen molar-refractivity contribution in [1.82, 2.24) is 0 Å². The van der Waals surface area contributed by atoms with Gasteiger partial charge >= 0.3 is 0 Å². The average Bonchev–Trinajstić information content (AvgIpc) is 2.91. The smallest absolute Gasteiger partial charge is 0.201 e. The molecule has 1 nitrogen and oxygen atoms in total. The first-order valence-electron chi connectivity index (χ1n) is 14.3. The van der Waals surface area contributed by atoms with Crippen molar-refractivity contribution in [2.24, 2.45) is 0 Å². The zero-order valence-corrected chi connectivity index (χ0v) is 22.6. The Morgan fingerprint density at radius 2 is 1.41 bits per heavy atom. The highest BCUT2D eigenvalue weighted by Crippen LogP contribution is 2.46. The highest BCUT2D eigenvalue weighted by Gasteiger charge is 2.39. The minimum atomic E-state index is -1.93. The van der Waals surface area contributed by atoms with Crippen molar-refractivity contribution >= 4 is 5.57 Å². The van der Waals surface area contributed by atoms with Crippen molar-refractivity contribution in [1.29, 1.82) is 0 Å². The number of unbranched alkanes of at least 4 members (excludes halogenated alkanes) is 9.